The first-order valence-corrected chi connectivity index (χ1v) is 9.13. The number of nitriles is 1. The van der Waals surface area contributed by atoms with E-state index < -0.39 is 16.7 Å². The van der Waals surface area contributed by atoms with Crippen molar-refractivity contribution in [3.63, 3.8) is 0 Å². The predicted octanol–water partition coefficient (Wildman–Crippen LogP) is 3.91. The van der Waals surface area contributed by atoms with Crippen LogP contribution in [-0.2, 0) is 6.18 Å². The molecule has 1 fully saturated rings. The van der Waals surface area contributed by atoms with Gasteiger partial charge in [0.2, 0.25) is 0 Å². The Morgan fingerprint density at radius 3 is 2.73 bits per heavy atom. The molecule has 0 amide bonds. The molecule has 11 heteroatoms. The topological polar surface area (TPSA) is 100 Å². The Balaban J connectivity index is 1.71. The first kappa shape index (κ1) is 19.6. The van der Waals surface area contributed by atoms with Gasteiger partial charge in [-0.05, 0) is 37.1 Å². The Labute approximate surface area is 168 Å². The van der Waals surface area contributed by atoms with Crippen LogP contribution in [0.5, 0.6) is 0 Å². The summed E-state index contributed by atoms with van der Waals surface area (Å²) in [6.45, 7) is 0.837. The lowest BCUT2D eigenvalue weighted by Crippen LogP contribution is -2.35. The maximum absolute atomic E-state index is 13.1. The Morgan fingerprint density at radius 2 is 2.03 bits per heavy atom. The van der Waals surface area contributed by atoms with E-state index in [4.69, 9.17) is 5.26 Å². The van der Waals surface area contributed by atoms with E-state index in [9.17, 15) is 23.3 Å². The molecule has 0 radical (unpaired) electrons. The number of nitrogens with zero attached hydrogens (tertiary/aromatic N) is 6. The number of alkyl halides is 3. The summed E-state index contributed by atoms with van der Waals surface area (Å²) < 4.78 is 40.7. The van der Waals surface area contributed by atoms with Crippen LogP contribution in [0, 0.1) is 21.4 Å². The standard InChI is InChI=1S/C19H15F3N6O2/c20-19(21,22)14-4-6-17-24-25-18(27(17)11-14)13-2-1-7-26(10-13)16-8-12(9-23)3-5-15(16)28(29)30/h3-6,8,11,13H,1-2,7,10H2. The third-order valence-corrected chi connectivity index (χ3v) is 5.18. The van der Waals surface area contributed by atoms with Crippen molar-refractivity contribution in [3.8, 4) is 6.07 Å². The highest BCUT2D eigenvalue weighted by Gasteiger charge is 2.33. The van der Waals surface area contributed by atoms with E-state index >= 15 is 0 Å². The van der Waals surface area contributed by atoms with Crippen molar-refractivity contribution in [2.24, 2.45) is 0 Å². The van der Waals surface area contributed by atoms with E-state index in [1.54, 1.807) is 4.90 Å². The zero-order valence-electron chi connectivity index (χ0n) is 15.5. The number of nitro benzene ring substituents is 1. The molecule has 3 heterocycles. The van der Waals surface area contributed by atoms with Gasteiger partial charge in [-0.2, -0.15) is 18.4 Å². The summed E-state index contributed by atoms with van der Waals surface area (Å²) in [5, 5.41) is 28.7. The Bertz CT molecular complexity index is 1170. The number of pyridine rings is 1. The zero-order chi connectivity index (χ0) is 21.5. The van der Waals surface area contributed by atoms with Crippen molar-refractivity contribution < 1.29 is 18.1 Å². The first-order chi connectivity index (χ1) is 14.3. The Hall–Kier alpha value is -3.68. The molecule has 8 nitrogen and oxygen atoms in total. The minimum absolute atomic E-state index is 0.125. The summed E-state index contributed by atoms with van der Waals surface area (Å²) >= 11 is 0. The molecule has 1 unspecified atom stereocenters. The number of halogens is 3. The summed E-state index contributed by atoms with van der Waals surface area (Å²) in [5.74, 6) is 0.0995. The van der Waals surface area contributed by atoms with Crippen molar-refractivity contribution in [1.29, 1.82) is 5.26 Å². The molecule has 1 saturated heterocycles. The summed E-state index contributed by atoms with van der Waals surface area (Å²) in [4.78, 5) is 12.7. The molecule has 1 aliphatic rings. The molecule has 0 saturated carbocycles. The van der Waals surface area contributed by atoms with Gasteiger partial charge in [0.1, 0.15) is 11.5 Å². The fourth-order valence-electron chi connectivity index (χ4n) is 3.76. The molecular weight excluding hydrogens is 401 g/mol. The third-order valence-electron chi connectivity index (χ3n) is 5.18. The number of nitro groups is 1. The fourth-order valence-corrected chi connectivity index (χ4v) is 3.76. The minimum Gasteiger partial charge on any atom is -0.365 e. The van der Waals surface area contributed by atoms with Crippen LogP contribution in [0.15, 0.2) is 36.5 Å². The zero-order valence-corrected chi connectivity index (χ0v) is 15.5. The molecule has 1 atom stereocenters. The quantitative estimate of drug-likeness (QED) is 0.474. The smallest absolute Gasteiger partial charge is 0.365 e. The molecule has 154 valence electrons. The number of anilines is 1. The van der Waals surface area contributed by atoms with Crippen LogP contribution in [0.2, 0.25) is 0 Å². The van der Waals surface area contributed by atoms with Gasteiger partial charge in [0.25, 0.3) is 5.69 Å². The van der Waals surface area contributed by atoms with E-state index in [1.165, 1.54) is 28.7 Å². The van der Waals surface area contributed by atoms with Crippen LogP contribution in [0.25, 0.3) is 5.65 Å². The summed E-state index contributed by atoms with van der Waals surface area (Å²) in [6, 6.07) is 8.33. The number of aromatic nitrogens is 3. The second kappa shape index (κ2) is 7.29. The summed E-state index contributed by atoms with van der Waals surface area (Å²) in [6.07, 6.45) is -2.21. The van der Waals surface area contributed by atoms with Gasteiger partial charge in [0.15, 0.2) is 5.65 Å². The lowest BCUT2D eigenvalue weighted by atomic mass is 9.96. The molecule has 0 aliphatic carbocycles. The molecule has 0 N–H and O–H groups in total. The summed E-state index contributed by atoms with van der Waals surface area (Å²) in [7, 11) is 0. The normalized spacial score (nSPS) is 17.1. The van der Waals surface area contributed by atoms with Gasteiger partial charge < -0.3 is 4.90 Å². The van der Waals surface area contributed by atoms with E-state index in [-0.39, 0.29) is 11.6 Å². The maximum Gasteiger partial charge on any atom is 0.417 e. The molecule has 1 aromatic carbocycles. The van der Waals surface area contributed by atoms with Crippen LogP contribution >= 0.6 is 0 Å². The van der Waals surface area contributed by atoms with E-state index in [0.717, 1.165) is 12.3 Å². The number of fused-ring (bicyclic) bond motifs is 1. The second-order valence-electron chi connectivity index (χ2n) is 7.06. The highest BCUT2D eigenvalue weighted by atomic mass is 19.4. The molecule has 3 aromatic rings. The fraction of sp³-hybridized carbons (Fsp3) is 0.316. The van der Waals surface area contributed by atoms with Gasteiger partial charge in [-0.15, -0.1) is 10.2 Å². The molecule has 0 spiro atoms. The van der Waals surface area contributed by atoms with Gasteiger partial charge in [-0.25, -0.2) is 0 Å². The lowest BCUT2D eigenvalue weighted by Gasteiger charge is -2.33. The summed E-state index contributed by atoms with van der Waals surface area (Å²) in [5.41, 5.74) is -0.0252. The van der Waals surface area contributed by atoms with E-state index in [1.807, 2.05) is 6.07 Å². The molecule has 1 aliphatic heterocycles. The number of benzene rings is 1. The van der Waals surface area contributed by atoms with Crippen molar-refractivity contribution in [2.75, 3.05) is 18.0 Å². The van der Waals surface area contributed by atoms with Crippen LogP contribution < -0.4 is 4.90 Å². The Morgan fingerprint density at radius 1 is 1.23 bits per heavy atom. The number of hydrogen-bond acceptors (Lipinski definition) is 6. The van der Waals surface area contributed by atoms with Crippen LogP contribution in [-0.4, -0.2) is 32.6 Å². The molecule has 2 aromatic heterocycles. The van der Waals surface area contributed by atoms with Crippen molar-refractivity contribution in [3.05, 3.63) is 63.6 Å². The monoisotopic (exact) mass is 416 g/mol. The number of rotatable bonds is 3. The highest BCUT2D eigenvalue weighted by Crippen LogP contribution is 2.36. The second-order valence-corrected chi connectivity index (χ2v) is 7.06. The SMILES string of the molecule is N#Cc1ccc([N+](=O)[O-])c(N2CCCC(c3nnc4ccc(C(F)(F)F)cn34)C2)c1. The van der Waals surface area contributed by atoms with Crippen LogP contribution in [0.1, 0.15) is 35.7 Å². The van der Waals surface area contributed by atoms with E-state index in [0.29, 0.717) is 48.7 Å². The van der Waals surface area contributed by atoms with Crippen LogP contribution in [0.3, 0.4) is 0 Å². The van der Waals surface area contributed by atoms with E-state index in [2.05, 4.69) is 10.2 Å². The predicted molar refractivity (Wildman–Crippen MR) is 100.0 cm³/mol. The van der Waals surface area contributed by atoms with Crippen molar-refractivity contribution in [1.82, 2.24) is 14.6 Å². The van der Waals surface area contributed by atoms with Gasteiger partial charge >= 0.3 is 6.18 Å². The van der Waals surface area contributed by atoms with Gasteiger partial charge in [-0.3, -0.25) is 14.5 Å². The first-order valence-electron chi connectivity index (χ1n) is 9.13. The molecule has 30 heavy (non-hydrogen) atoms. The molecular formula is C19H15F3N6O2. The van der Waals surface area contributed by atoms with Crippen LogP contribution in [0.4, 0.5) is 24.5 Å². The highest BCUT2D eigenvalue weighted by molar-refractivity contribution is 5.66. The molecule has 4 rings (SSSR count). The third kappa shape index (κ3) is 3.52. The van der Waals surface area contributed by atoms with Crippen molar-refractivity contribution in [2.45, 2.75) is 24.9 Å². The minimum atomic E-state index is -4.49. The van der Waals surface area contributed by atoms with Gasteiger partial charge in [-0.1, -0.05) is 0 Å². The average molecular weight is 416 g/mol. The van der Waals surface area contributed by atoms with Gasteiger partial charge in [0.05, 0.1) is 22.1 Å². The Kier molecular flexibility index (Phi) is 4.77. The maximum atomic E-state index is 13.1. The average Bonchev–Trinajstić information content (AvgIpc) is 3.16. The largest absolute Gasteiger partial charge is 0.417 e. The lowest BCUT2D eigenvalue weighted by molar-refractivity contribution is -0.384. The molecule has 0 bridgehead atoms. The number of piperidine rings is 1. The van der Waals surface area contributed by atoms with Gasteiger partial charge in [0, 0.05) is 31.3 Å². The number of hydrogen-bond donors (Lipinski definition) is 0. The van der Waals surface area contributed by atoms with Crippen molar-refractivity contribution >= 4 is 17.0 Å².